The Morgan fingerprint density at radius 2 is 2.06 bits per heavy atom. The lowest BCUT2D eigenvalue weighted by atomic mass is 9.94. The second kappa shape index (κ2) is 8.48. The van der Waals surface area contributed by atoms with Gasteiger partial charge in [0.2, 0.25) is 5.91 Å². The highest BCUT2D eigenvalue weighted by atomic mass is 16.1. The van der Waals surface area contributed by atoms with Gasteiger partial charge < -0.3 is 16.0 Å². The summed E-state index contributed by atoms with van der Waals surface area (Å²) in [5, 5.41) is 3.02. The van der Waals surface area contributed by atoms with Gasteiger partial charge in [0.25, 0.3) is 0 Å². The van der Waals surface area contributed by atoms with Crippen LogP contribution in [0.1, 0.15) is 52.9 Å². The average molecular weight is 257 g/mol. The second-order valence-corrected chi connectivity index (χ2v) is 5.52. The summed E-state index contributed by atoms with van der Waals surface area (Å²) in [6.45, 7) is 7.44. The zero-order valence-corrected chi connectivity index (χ0v) is 12.8. The number of amides is 1. The summed E-state index contributed by atoms with van der Waals surface area (Å²) in [7, 11) is 3.96. The fraction of sp³-hybridized carbons (Fsp3) is 0.929. The summed E-state index contributed by atoms with van der Waals surface area (Å²) in [5.74, 6) is -0.266. The van der Waals surface area contributed by atoms with Gasteiger partial charge in [0.15, 0.2) is 0 Å². The minimum Gasteiger partial charge on any atom is -0.368 e. The van der Waals surface area contributed by atoms with Crippen molar-refractivity contribution in [2.75, 3.05) is 20.6 Å². The van der Waals surface area contributed by atoms with Gasteiger partial charge in [-0.3, -0.25) is 4.79 Å². The van der Waals surface area contributed by atoms with E-state index in [0.717, 1.165) is 25.8 Å². The normalized spacial score (nSPS) is 16.6. The molecule has 4 heteroatoms. The molecule has 0 fully saturated rings. The summed E-state index contributed by atoms with van der Waals surface area (Å²) in [6, 6.07) is 0.641. The summed E-state index contributed by atoms with van der Waals surface area (Å²) >= 11 is 0. The Morgan fingerprint density at radius 3 is 2.50 bits per heavy atom. The number of likely N-dealkylation sites (N-methyl/N-ethyl adjacent to an activating group) is 1. The van der Waals surface area contributed by atoms with E-state index in [1.54, 1.807) is 7.05 Å². The van der Waals surface area contributed by atoms with Gasteiger partial charge in [0, 0.05) is 6.04 Å². The Labute approximate surface area is 112 Å². The number of carbonyl (C=O) groups is 1. The monoisotopic (exact) mass is 257 g/mol. The maximum atomic E-state index is 11.3. The third-order valence-electron chi connectivity index (χ3n) is 3.99. The molecule has 0 aromatic rings. The lowest BCUT2D eigenvalue weighted by Crippen LogP contribution is -2.51. The molecule has 108 valence electrons. The number of nitrogens with one attached hydrogen (secondary N) is 1. The molecular weight excluding hydrogens is 226 g/mol. The van der Waals surface area contributed by atoms with Crippen molar-refractivity contribution in [1.82, 2.24) is 10.2 Å². The molecule has 0 aliphatic carbocycles. The van der Waals surface area contributed by atoms with Crippen molar-refractivity contribution in [3.63, 3.8) is 0 Å². The number of rotatable bonds is 10. The average Bonchev–Trinajstić information content (AvgIpc) is 2.33. The molecule has 0 aliphatic heterocycles. The van der Waals surface area contributed by atoms with Gasteiger partial charge in [0.05, 0.1) is 5.54 Å². The number of nitrogens with zero attached hydrogens (tertiary/aromatic N) is 1. The van der Waals surface area contributed by atoms with Gasteiger partial charge >= 0.3 is 0 Å². The van der Waals surface area contributed by atoms with Crippen LogP contribution >= 0.6 is 0 Å². The first-order valence-electron chi connectivity index (χ1n) is 7.06. The molecule has 2 atom stereocenters. The molecule has 2 unspecified atom stereocenters. The van der Waals surface area contributed by atoms with Crippen LogP contribution in [0.15, 0.2) is 0 Å². The third kappa shape index (κ3) is 5.83. The SMILES string of the molecule is CCCC(C)N(C)CCCCC(C)(NC)C(N)=O. The molecular formula is C14H31N3O. The number of hydrogen-bond acceptors (Lipinski definition) is 3. The largest absolute Gasteiger partial charge is 0.368 e. The Balaban J connectivity index is 3.88. The van der Waals surface area contributed by atoms with Gasteiger partial charge in [-0.15, -0.1) is 0 Å². The molecule has 3 N–H and O–H groups in total. The molecule has 18 heavy (non-hydrogen) atoms. The lowest BCUT2D eigenvalue weighted by Gasteiger charge is -2.27. The molecule has 0 aliphatic rings. The van der Waals surface area contributed by atoms with Gasteiger partial charge in [-0.2, -0.15) is 0 Å². The highest BCUT2D eigenvalue weighted by molar-refractivity contribution is 5.84. The Bertz CT molecular complexity index is 245. The van der Waals surface area contributed by atoms with E-state index in [1.807, 2.05) is 6.92 Å². The highest BCUT2D eigenvalue weighted by Crippen LogP contribution is 2.14. The first kappa shape index (κ1) is 17.4. The number of primary amides is 1. The van der Waals surface area contributed by atoms with E-state index in [2.05, 4.69) is 31.1 Å². The molecule has 0 saturated carbocycles. The van der Waals surface area contributed by atoms with Crippen molar-refractivity contribution in [3.05, 3.63) is 0 Å². The Kier molecular flexibility index (Phi) is 8.20. The second-order valence-electron chi connectivity index (χ2n) is 5.52. The number of hydrogen-bond donors (Lipinski definition) is 2. The van der Waals surface area contributed by atoms with Crippen LogP contribution in [0.2, 0.25) is 0 Å². The van der Waals surface area contributed by atoms with E-state index in [0.29, 0.717) is 6.04 Å². The van der Waals surface area contributed by atoms with Crippen molar-refractivity contribution >= 4 is 5.91 Å². The van der Waals surface area contributed by atoms with Crippen molar-refractivity contribution in [2.24, 2.45) is 5.73 Å². The molecule has 0 aromatic heterocycles. The molecule has 1 amide bonds. The molecule has 0 spiro atoms. The molecule has 0 bridgehead atoms. The van der Waals surface area contributed by atoms with Gasteiger partial charge in [0.1, 0.15) is 0 Å². The summed E-state index contributed by atoms with van der Waals surface area (Å²) in [6.07, 6.45) is 5.39. The van der Waals surface area contributed by atoms with Crippen LogP contribution in [0.25, 0.3) is 0 Å². The van der Waals surface area contributed by atoms with E-state index >= 15 is 0 Å². The van der Waals surface area contributed by atoms with E-state index < -0.39 is 5.54 Å². The van der Waals surface area contributed by atoms with Crippen LogP contribution < -0.4 is 11.1 Å². The van der Waals surface area contributed by atoms with Crippen molar-refractivity contribution in [2.45, 2.75) is 64.5 Å². The molecule has 0 radical (unpaired) electrons. The molecule has 0 aromatic carbocycles. The van der Waals surface area contributed by atoms with Gasteiger partial charge in [-0.1, -0.05) is 13.3 Å². The van der Waals surface area contributed by atoms with Crippen LogP contribution in [-0.2, 0) is 4.79 Å². The number of nitrogens with two attached hydrogens (primary N) is 1. The van der Waals surface area contributed by atoms with E-state index in [-0.39, 0.29) is 5.91 Å². The summed E-state index contributed by atoms with van der Waals surface area (Å²) < 4.78 is 0. The third-order valence-corrected chi connectivity index (χ3v) is 3.99. The topological polar surface area (TPSA) is 58.4 Å². The molecule has 0 rings (SSSR count). The predicted octanol–water partition coefficient (Wildman–Crippen LogP) is 1.74. The maximum Gasteiger partial charge on any atom is 0.237 e. The molecule has 0 heterocycles. The van der Waals surface area contributed by atoms with Crippen LogP contribution in [0.5, 0.6) is 0 Å². The van der Waals surface area contributed by atoms with Crippen LogP contribution in [0.4, 0.5) is 0 Å². The first-order chi connectivity index (χ1) is 8.37. The van der Waals surface area contributed by atoms with Crippen LogP contribution in [-0.4, -0.2) is 43.0 Å². The minimum atomic E-state index is -0.562. The van der Waals surface area contributed by atoms with Crippen LogP contribution in [0.3, 0.4) is 0 Å². The van der Waals surface area contributed by atoms with E-state index in [1.165, 1.54) is 12.8 Å². The minimum absolute atomic E-state index is 0.266. The molecule has 0 saturated heterocycles. The lowest BCUT2D eigenvalue weighted by molar-refractivity contribution is -0.123. The van der Waals surface area contributed by atoms with Crippen molar-refractivity contribution in [1.29, 1.82) is 0 Å². The maximum absolute atomic E-state index is 11.3. The van der Waals surface area contributed by atoms with Crippen molar-refractivity contribution in [3.8, 4) is 0 Å². The van der Waals surface area contributed by atoms with E-state index in [9.17, 15) is 4.79 Å². The number of carbonyl (C=O) groups excluding carboxylic acids is 1. The standard InChI is InChI=1S/C14H31N3O/c1-6-9-12(2)17(5)11-8-7-10-14(3,16-4)13(15)18/h12,16H,6-11H2,1-5H3,(H2,15,18). The predicted molar refractivity (Wildman–Crippen MR) is 77.5 cm³/mol. The zero-order valence-electron chi connectivity index (χ0n) is 12.8. The number of unbranched alkanes of at least 4 members (excludes halogenated alkanes) is 1. The van der Waals surface area contributed by atoms with Crippen LogP contribution in [0, 0.1) is 0 Å². The highest BCUT2D eigenvalue weighted by Gasteiger charge is 2.27. The zero-order chi connectivity index (χ0) is 14.2. The molecule has 4 nitrogen and oxygen atoms in total. The fourth-order valence-electron chi connectivity index (χ4n) is 2.07. The van der Waals surface area contributed by atoms with Gasteiger partial charge in [-0.25, -0.2) is 0 Å². The Morgan fingerprint density at radius 1 is 1.44 bits per heavy atom. The first-order valence-corrected chi connectivity index (χ1v) is 7.06. The van der Waals surface area contributed by atoms with E-state index in [4.69, 9.17) is 5.73 Å². The Hall–Kier alpha value is -0.610. The summed E-state index contributed by atoms with van der Waals surface area (Å²) in [5.41, 5.74) is 4.84. The fourth-order valence-corrected chi connectivity index (χ4v) is 2.07. The van der Waals surface area contributed by atoms with Crippen molar-refractivity contribution < 1.29 is 4.79 Å². The smallest absolute Gasteiger partial charge is 0.237 e. The summed E-state index contributed by atoms with van der Waals surface area (Å²) in [4.78, 5) is 13.7. The quantitative estimate of drug-likeness (QED) is 0.586. The van der Waals surface area contributed by atoms with Gasteiger partial charge in [-0.05, 0) is 60.2 Å².